The van der Waals surface area contributed by atoms with E-state index in [1.165, 1.54) is 0 Å². The second-order valence-corrected chi connectivity index (χ2v) is 6.01. The number of rotatable bonds is 4. The molecule has 1 saturated heterocycles. The van der Waals surface area contributed by atoms with Crippen molar-refractivity contribution in [2.75, 3.05) is 18.4 Å². The van der Waals surface area contributed by atoms with E-state index < -0.39 is 0 Å². The van der Waals surface area contributed by atoms with Crippen LogP contribution in [0.3, 0.4) is 0 Å². The first-order chi connectivity index (χ1) is 9.99. The molecule has 1 heterocycles. The molecule has 1 aromatic carbocycles. The topological polar surface area (TPSA) is 49.4 Å². The number of nitrogens with zero attached hydrogens (tertiary/aromatic N) is 1. The van der Waals surface area contributed by atoms with Crippen LogP contribution in [-0.4, -0.2) is 29.8 Å². The van der Waals surface area contributed by atoms with E-state index in [2.05, 4.69) is 19.2 Å². The number of anilines is 1. The smallest absolute Gasteiger partial charge is 0.244 e. The van der Waals surface area contributed by atoms with Crippen molar-refractivity contribution in [3.8, 4) is 0 Å². The van der Waals surface area contributed by atoms with E-state index in [0.717, 1.165) is 29.7 Å². The minimum absolute atomic E-state index is 0.0882. The molecule has 0 saturated carbocycles. The van der Waals surface area contributed by atoms with E-state index in [4.69, 9.17) is 0 Å². The number of hydrogen-bond donors (Lipinski definition) is 1. The molecule has 114 valence electrons. The Bertz CT molecular complexity index is 538. The van der Waals surface area contributed by atoms with Crippen LogP contribution in [0.25, 0.3) is 0 Å². The Morgan fingerprint density at radius 1 is 1.33 bits per heavy atom. The van der Waals surface area contributed by atoms with Crippen molar-refractivity contribution in [3.63, 3.8) is 0 Å². The minimum atomic E-state index is -0.110. The lowest BCUT2D eigenvalue weighted by molar-refractivity contribution is -0.136. The Kier molecular flexibility index (Phi) is 4.99. The summed E-state index contributed by atoms with van der Waals surface area (Å²) >= 11 is 0. The van der Waals surface area contributed by atoms with Gasteiger partial charge in [-0.05, 0) is 36.8 Å². The fourth-order valence-corrected chi connectivity index (χ4v) is 2.72. The molecule has 1 fully saturated rings. The van der Waals surface area contributed by atoms with Crippen LogP contribution in [0.15, 0.2) is 18.2 Å². The SMILES string of the molecule is Cc1cccc(C(C)C)c1NC(=O)CN1CCCCC1=O. The van der Waals surface area contributed by atoms with Crippen molar-refractivity contribution in [3.05, 3.63) is 29.3 Å². The summed E-state index contributed by atoms with van der Waals surface area (Å²) in [6.07, 6.45) is 2.49. The number of hydrogen-bond acceptors (Lipinski definition) is 2. The van der Waals surface area contributed by atoms with Gasteiger partial charge in [0.1, 0.15) is 0 Å². The molecular formula is C17H24N2O2. The quantitative estimate of drug-likeness (QED) is 0.925. The third-order valence-corrected chi connectivity index (χ3v) is 3.95. The summed E-state index contributed by atoms with van der Waals surface area (Å²) in [5, 5.41) is 3.00. The van der Waals surface area contributed by atoms with E-state index in [1.807, 2.05) is 25.1 Å². The monoisotopic (exact) mass is 288 g/mol. The van der Waals surface area contributed by atoms with Crippen LogP contribution < -0.4 is 5.32 Å². The van der Waals surface area contributed by atoms with Gasteiger partial charge in [-0.3, -0.25) is 9.59 Å². The lowest BCUT2D eigenvalue weighted by Gasteiger charge is -2.26. The molecule has 1 N–H and O–H groups in total. The summed E-state index contributed by atoms with van der Waals surface area (Å²) < 4.78 is 0. The molecule has 1 aliphatic rings. The Labute approximate surface area is 126 Å². The highest BCUT2D eigenvalue weighted by molar-refractivity contribution is 5.96. The van der Waals surface area contributed by atoms with Gasteiger partial charge < -0.3 is 10.2 Å². The largest absolute Gasteiger partial charge is 0.333 e. The van der Waals surface area contributed by atoms with Crippen molar-refractivity contribution >= 4 is 17.5 Å². The third-order valence-electron chi connectivity index (χ3n) is 3.95. The van der Waals surface area contributed by atoms with Crippen LogP contribution >= 0.6 is 0 Å². The highest BCUT2D eigenvalue weighted by Gasteiger charge is 2.21. The van der Waals surface area contributed by atoms with Crippen molar-refractivity contribution in [2.45, 2.75) is 46.0 Å². The maximum atomic E-state index is 12.2. The third kappa shape index (κ3) is 3.84. The summed E-state index contributed by atoms with van der Waals surface area (Å²) in [6.45, 7) is 7.06. The first kappa shape index (κ1) is 15.5. The van der Waals surface area contributed by atoms with Crippen LogP contribution in [-0.2, 0) is 9.59 Å². The van der Waals surface area contributed by atoms with Crippen LogP contribution in [0.4, 0.5) is 5.69 Å². The average Bonchev–Trinajstić information content (AvgIpc) is 2.43. The van der Waals surface area contributed by atoms with Crippen LogP contribution in [0, 0.1) is 6.92 Å². The summed E-state index contributed by atoms with van der Waals surface area (Å²) in [5.41, 5.74) is 3.08. The number of nitrogens with one attached hydrogen (secondary N) is 1. The number of amides is 2. The maximum absolute atomic E-state index is 12.2. The molecule has 4 nitrogen and oxygen atoms in total. The molecule has 0 aliphatic carbocycles. The summed E-state index contributed by atoms with van der Waals surface area (Å²) in [5.74, 6) is 0.323. The van der Waals surface area contributed by atoms with Crippen LogP contribution in [0.2, 0.25) is 0 Å². The minimum Gasteiger partial charge on any atom is -0.333 e. The maximum Gasteiger partial charge on any atom is 0.244 e. The molecule has 1 aliphatic heterocycles. The zero-order chi connectivity index (χ0) is 15.4. The van der Waals surface area contributed by atoms with Gasteiger partial charge in [0.15, 0.2) is 0 Å². The highest BCUT2D eigenvalue weighted by atomic mass is 16.2. The van der Waals surface area contributed by atoms with Crippen molar-refractivity contribution in [1.82, 2.24) is 4.90 Å². The number of para-hydroxylation sites is 1. The lowest BCUT2D eigenvalue weighted by atomic mass is 9.98. The van der Waals surface area contributed by atoms with E-state index in [0.29, 0.717) is 18.9 Å². The molecule has 0 radical (unpaired) electrons. The van der Waals surface area contributed by atoms with E-state index >= 15 is 0 Å². The average molecular weight is 288 g/mol. The van der Waals surface area contributed by atoms with Gasteiger partial charge in [0.05, 0.1) is 6.54 Å². The molecule has 0 unspecified atom stereocenters. The first-order valence-corrected chi connectivity index (χ1v) is 7.66. The summed E-state index contributed by atoms with van der Waals surface area (Å²) in [7, 11) is 0. The second kappa shape index (κ2) is 6.74. The molecule has 1 aromatic rings. The molecule has 2 rings (SSSR count). The Balaban J connectivity index is 2.07. The molecule has 4 heteroatoms. The van der Waals surface area contributed by atoms with Gasteiger partial charge in [0.25, 0.3) is 0 Å². The summed E-state index contributed by atoms with van der Waals surface area (Å²) in [4.78, 5) is 25.7. The first-order valence-electron chi connectivity index (χ1n) is 7.66. The number of piperidine rings is 1. The van der Waals surface area contributed by atoms with Crippen molar-refractivity contribution < 1.29 is 9.59 Å². The molecule has 0 spiro atoms. The molecule has 21 heavy (non-hydrogen) atoms. The molecule has 0 aromatic heterocycles. The summed E-state index contributed by atoms with van der Waals surface area (Å²) in [6, 6.07) is 6.04. The van der Waals surface area contributed by atoms with Crippen LogP contribution in [0.1, 0.15) is 50.2 Å². The fraction of sp³-hybridized carbons (Fsp3) is 0.529. The number of likely N-dealkylation sites (tertiary alicyclic amines) is 1. The molecular weight excluding hydrogens is 264 g/mol. The van der Waals surface area contributed by atoms with Gasteiger partial charge in [-0.15, -0.1) is 0 Å². The van der Waals surface area contributed by atoms with Gasteiger partial charge in [-0.25, -0.2) is 0 Å². The number of aryl methyl sites for hydroxylation is 1. The van der Waals surface area contributed by atoms with Crippen LogP contribution in [0.5, 0.6) is 0 Å². The van der Waals surface area contributed by atoms with Gasteiger partial charge in [0, 0.05) is 18.7 Å². The van der Waals surface area contributed by atoms with E-state index in [9.17, 15) is 9.59 Å². The van der Waals surface area contributed by atoms with Gasteiger partial charge in [0.2, 0.25) is 11.8 Å². The van der Waals surface area contributed by atoms with Gasteiger partial charge in [-0.2, -0.15) is 0 Å². The predicted octanol–water partition coefficient (Wildman–Crippen LogP) is 3.07. The second-order valence-electron chi connectivity index (χ2n) is 6.01. The lowest BCUT2D eigenvalue weighted by Crippen LogP contribution is -2.40. The molecule has 0 bridgehead atoms. The zero-order valence-electron chi connectivity index (χ0n) is 13.1. The van der Waals surface area contributed by atoms with Crippen molar-refractivity contribution in [1.29, 1.82) is 0 Å². The Morgan fingerprint density at radius 3 is 2.76 bits per heavy atom. The predicted molar refractivity (Wildman–Crippen MR) is 84.3 cm³/mol. The number of carbonyl (C=O) groups excluding carboxylic acids is 2. The standard InChI is InChI=1S/C17H24N2O2/c1-12(2)14-8-6-7-13(3)17(14)18-15(20)11-19-10-5-4-9-16(19)21/h6-8,12H,4-5,9-11H2,1-3H3,(H,18,20). The highest BCUT2D eigenvalue weighted by Crippen LogP contribution is 2.27. The molecule has 2 amide bonds. The van der Waals surface area contributed by atoms with Gasteiger partial charge in [-0.1, -0.05) is 32.0 Å². The van der Waals surface area contributed by atoms with Crippen molar-refractivity contribution in [2.24, 2.45) is 0 Å². The van der Waals surface area contributed by atoms with E-state index in [-0.39, 0.29) is 18.4 Å². The number of carbonyl (C=O) groups is 2. The zero-order valence-corrected chi connectivity index (χ0v) is 13.1. The normalized spacial score (nSPS) is 15.4. The fourth-order valence-electron chi connectivity index (χ4n) is 2.72. The van der Waals surface area contributed by atoms with E-state index in [1.54, 1.807) is 4.90 Å². The van der Waals surface area contributed by atoms with Gasteiger partial charge >= 0.3 is 0 Å². The number of benzene rings is 1. The molecule has 0 atom stereocenters. The Hall–Kier alpha value is -1.84. The Morgan fingerprint density at radius 2 is 2.10 bits per heavy atom.